The number of ether oxygens (including phenoxy) is 1. The number of aromatic nitrogens is 2. The van der Waals surface area contributed by atoms with Crippen LogP contribution < -0.4 is 0 Å². The standard InChI is InChI=1S/C14H24N2O3/c1-14(2,3)19-13(18)7-4-8-16-10-12(15-11-16)6-5-9-17/h10-11,17H,4-9H2,1-3H3. The second-order valence-corrected chi connectivity index (χ2v) is 5.62. The van der Waals surface area contributed by atoms with Crippen molar-refractivity contribution in [2.75, 3.05) is 6.61 Å². The molecule has 0 atom stereocenters. The van der Waals surface area contributed by atoms with Crippen molar-refractivity contribution in [1.82, 2.24) is 9.55 Å². The second kappa shape index (κ2) is 7.28. The van der Waals surface area contributed by atoms with Gasteiger partial charge in [0, 0.05) is 25.8 Å². The summed E-state index contributed by atoms with van der Waals surface area (Å²) in [4.78, 5) is 15.8. The van der Waals surface area contributed by atoms with Crippen LogP contribution in [0.1, 0.15) is 45.7 Å². The van der Waals surface area contributed by atoms with Gasteiger partial charge in [0.15, 0.2) is 0 Å². The number of hydrogen-bond donors (Lipinski definition) is 1. The van der Waals surface area contributed by atoms with E-state index in [-0.39, 0.29) is 12.6 Å². The van der Waals surface area contributed by atoms with E-state index < -0.39 is 5.60 Å². The maximum absolute atomic E-state index is 11.5. The van der Waals surface area contributed by atoms with E-state index in [1.54, 1.807) is 6.33 Å². The number of carbonyl (C=O) groups excluding carboxylic acids is 1. The Morgan fingerprint density at radius 1 is 1.42 bits per heavy atom. The molecule has 1 aromatic heterocycles. The fraction of sp³-hybridized carbons (Fsp3) is 0.714. The van der Waals surface area contributed by atoms with Crippen LogP contribution in [0.15, 0.2) is 12.5 Å². The molecule has 0 unspecified atom stereocenters. The summed E-state index contributed by atoms with van der Waals surface area (Å²) in [5.74, 6) is -0.159. The summed E-state index contributed by atoms with van der Waals surface area (Å²) in [7, 11) is 0. The molecule has 0 saturated carbocycles. The van der Waals surface area contributed by atoms with E-state index in [9.17, 15) is 4.79 Å². The highest BCUT2D eigenvalue weighted by molar-refractivity contribution is 5.69. The van der Waals surface area contributed by atoms with Crippen molar-refractivity contribution in [3.8, 4) is 0 Å². The summed E-state index contributed by atoms with van der Waals surface area (Å²) in [6.45, 7) is 6.55. The van der Waals surface area contributed by atoms with Crippen molar-refractivity contribution in [2.24, 2.45) is 0 Å². The Balaban J connectivity index is 2.25. The molecule has 0 aliphatic carbocycles. The fourth-order valence-electron chi connectivity index (χ4n) is 1.72. The highest BCUT2D eigenvalue weighted by Crippen LogP contribution is 2.10. The van der Waals surface area contributed by atoms with Crippen molar-refractivity contribution in [1.29, 1.82) is 0 Å². The first-order chi connectivity index (χ1) is 8.90. The van der Waals surface area contributed by atoms with Gasteiger partial charge in [0.05, 0.1) is 12.0 Å². The van der Waals surface area contributed by atoms with Crippen LogP contribution in [-0.4, -0.2) is 32.8 Å². The number of carbonyl (C=O) groups is 1. The molecule has 1 heterocycles. The van der Waals surface area contributed by atoms with Gasteiger partial charge in [0.1, 0.15) is 5.60 Å². The topological polar surface area (TPSA) is 64.4 Å². The van der Waals surface area contributed by atoms with E-state index in [0.717, 1.165) is 31.5 Å². The van der Waals surface area contributed by atoms with Crippen molar-refractivity contribution in [2.45, 2.75) is 58.6 Å². The molecule has 1 N–H and O–H groups in total. The summed E-state index contributed by atoms with van der Waals surface area (Å²) < 4.78 is 7.21. The predicted molar refractivity (Wildman–Crippen MR) is 72.7 cm³/mol. The molecule has 1 rings (SSSR count). The number of aryl methyl sites for hydroxylation is 2. The highest BCUT2D eigenvalue weighted by Gasteiger charge is 2.15. The molecule has 0 aliphatic rings. The Hall–Kier alpha value is -1.36. The SMILES string of the molecule is CC(C)(C)OC(=O)CCCn1cnc(CCCO)c1. The van der Waals surface area contributed by atoms with Gasteiger partial charge in [-0.15, -0.1) is 0 Å². The third-order valence-electron chi connectivity index (χ3n) is 2.49. The Kier molecular flexibility index (Phi) is 6.02. The van der Waals surface area contributed by atoms with Gasteiger partial charge in [0.25, 0.3) is 0 Å². The third kappa shape index (κ3) is 6.96. The van der Waals surface area contributed by atoms with Gasteiger partial charge in [-0.1, -0.05) is 0 Å². The quantitative estimate of drug-likeness (QED) is 0.767. The lowest BCUT2D eigenvalue weighted by Crippen LogP contribution is -2.23. The van der Waals surface area contributed by atoms with Gasteiger partial charge in [-0.2, -0.15) is 0 Å². The van der Waals surface area contributed by atoms with Crippen LogP contribution in [0.4, 0.5) is 0 Å². The lowest BCUT2D eigenvalue weighted by Gasteiger charge is -2.19. The van der Waals surface area contributed by atoms with Gasteiger partial charge in [0.2, 0.25) is 0 Å². The molecule has 1 aromatic rings. The average molecular weight is 268 g/mol. The molecule has 0 radical (unpaired) electrons. The minimum absolute atomic E-state index is 0.159. The Morgan fingerprint density at radius 3 is 2.79 bits per heavy atom. The molecule has 19 heavy (non-hydrogen) atoms. The number of nitrogens with zero attached hydrogens (tertiary/aromatic N) is 2. The Morgan fingerprint density at radius 2 is 2.16 bits per heavy atom. The van der Waals surface area contributed by atoms with Crippen molar-refractivity contribution in [3.05, 3.63) is 18.2 Å². The van der Waals surface area contributed by atoms with Gasteiger partial charge in [-0.25, -0.2) is 4.98 Å². The molecule has 0 saturated heterocycles. The molecular weight excluding hydrogens is 244 g/mol. The average Bonchev–Trinajstić information content (AvgIpc) is 2.72. The summed E-state index contributed by atoms with van der Waals surface area (Å²) in [5.41, 5.74) is 0.565. The number of imidazole rings is 1. The van der Waals surface area contributed by atoms with E-state index in [4.69, 9.17) is 9.84 Å². The normalized spacial score (nSPS) is 11.6. The lowest BCUT2D eigenvalue weighted by atomic mass is 10.2. The molecule has 0 aromatic carbocycles. The molecule has 5 heteroatoms. The van der Waals surface area contributed by atoms with Gasteiger partial charge >= 0.3 is 5.97 Å². The molecule has 0 bridgehead atoms. The van der Waals surface area contributed by atoms with Crippen LogP contribution in [0.2, 0.25) is 0 Å². The molecule has 0 fully saturated rings. The van der Waals surface area contributed by atoms with Crippen LogP contribution in [0.3, 0.4) is 0 Å². The van der Waals surface area contributed by atoms with Crippen LogP contribution >= 0.6 is 0 Å². The zero-order valence-electron chi connectivity index (χ0n) is 12.1. The van der Waals surface area contributed by atoms with E-state index in [1.165, 1.54) is 0 Å². The predicted octanol–water partition coefficient (Wildman–Crippen LogP) is 1.93. The molecular formula is C14H24N2O3. The Bertz CT molecular complexity index is 394. The maximum Gasteiger partial charge on any atom is 0.306 e. The van der Waals surface area contributed by atoms with Crippen molar-refractivity contribution < 1.29 is 14.6 Å². The Labute approximate surface area is 114 Å². The summed E-state index contributed by atoms with van der Waals surface area (Å²) in [6, 6.07) is 0. The molecule has 0 spiro atoms. The minimum atomic E-state index is -0.413. The van der Waals surface area contributed by atoms with Gasteiger partial charge in [-0.3, -0.25) is 4.79 Å². The smallest absolute Gasteiger partial charge is 0.306 e. The van der Waals surface area contributed by atoms with Crippen molar-refractivity contribution >= 4 is 5.97 Å². The van der Waals surface area contributed by atoms with E-state index in [0.29, 0.717) is 6.42 Å². The summed E-state index contributed by atoms with van der Waals surface area (Å²) in [5, 5.41) is 8.74. The number of aliphatic hydroxyl groups excluding tert-OH is 1. The molecule has 0 aliphatic heterocycles. The molecule has 108 valence electrons. The first-order valence-electron chi connectivity index (χ1n) is 6.74. The lowest BCUT2D eigenvalue weighted by molar-refractivity contribution is -0.154. The first-order valence-corrected chi connectivity index (χ1v) is 6.74. The van der Waals surface area contributed by atoms with Crippen LogP contribution in [0.25, 0.3) is 0 Å². The van der Waals surface area contributed by atoms with Crippen LogP contribution in [-0.2, 0) is 22.5 Å². The van der Waals surface area contributed by atoms with E-state index in [2.05, 4.69) is 4.98 Å². The summed E-state index contributed by atoms with van der Waals surface area (Å²) in [6.07, 6.45) is 6.41. The maximum atomic E-state index is 11.5. The number of esters is 1. The summed E-state index contributed by atoms with van der Waals surface area (Å²) >= 11 is 0. The fourth-order valence-corrected chi connectivity index (χ4v) is 1.72. The minimum Gasteiger partial charge on any atom is -0.460 e. The molecule has 0 amide bonds. The number of rotatable bonds is 7. The highest BCUT2D eigenvalue weighted by atomic mass is 16.6. The van der Waals surface area contributed by atoms with Gasteiger partial charge < -0.3 is 14.4 Å². The monoisotopic (exact) mass is 268 g/mol. The zero-order chi connectivity index (χ0) is 14.3. The van der Waals surface area contributed by atoms with Crippen molar-refractivity contribution in [3.63, 3.8) is 0 Å². The molecule has 5 nitrogen and oxygen atoms in total. The van der Waals surface area contributed by atoms with Crippen LogP contribution in [0.5, 0.6) is 0 Å². The number of hydrogen-bond acceptors (Lipinski definition) is 4. The van der Waals surface area contributed by atoms with E-state index >= 15 is 0 Å². The van der Waals surface area contributed by atoms with Gasteiger partial charge in [-0.05, 0) is 40.0 Å². The second-order valence-electron chi connectivity index (χ2n) is 5.62. The number of aliphatic hydroxyl groups is 1. The first kappa shape index (κ1) is 15.7. The third-order valence-corrected chi connectivity index (χ3v) is 2.49. The van der Waals surface area contributed by atoms with Crippen LogP contribution in [0, 0.1) is 0 Å². The van der Waals surface area contributed by atoms with E-state index in [1.807, 2.05) is 31.5 Å². The zero-order valence-corrected chi connectivity index (χ0v) is 12.1. The largest absolute Gasteiger partial charge is 0.460 e.